The minimum absolute atomic E-state index is 0.0202. The molecule has 0 aliphatic carbocycles. The van der Waals surface area contributed by atoms with E-state index in [1.165, 1.54) is 18.2 Å². The molecule has 0 saturated carbocycles. The van der Waals surface area contributed by atoms with E-state index in [1.54, 1.807) is 11.5 Å². The second-order valence-electron chi connectivity index (χ2n) is 9.04. The highest BCUT2D eigenvalue weighted by Crippen LogP contribution is 2.33. The van der Waals surface area contributed by atoms with E-state index in [0.717, 1.165) is 19.3 Å². The van der Waals surface area contributed by atoms with Crippen LogP contribution >= 0.6 is 11.6 Å². The molecule has 172 valence electrons. The Balaban J connectivity index is 1.92. The molecule has 2 aromatic rings. The van der Waals surface area contributed by atoms with Crippen LogP contribution in [0.2, 0.25) is 5.02 Å². The molecule has 2 amide bonds. The standard InChI is InChI=1S/C24H29ClFN3O3/c1-5-24(3,4)13-27-23(32)21(30)20-19(25)18(17-8-6-7-11-29(17)20)22(31)28-15-9-10-16(26)14(2)12-15/h9-10,12H,5-8,11,13H2,1-4H3,(H,27,32)(H,28,31). The van der Waals surface area contributed by atoms with Crippen LogP contribution in [-0.4, -0.2) is 28.7 Å². The normalized spacial score (nSPS) is 13.4. The third-order valence-corrected chi connectivity index (χ3v) is 6.47. The molecule has 0 fully saturated rings. The second-order valence-corrected chi connectivity index (χ2v) is 9.42. The Morgan fingerprint density at radius 3 is 2.59 bits per heavy atom. The topological polar surface area (TPSA) is 80.2 Å². The van der Waals surface area contributed by atoms with Crippen LogP contribution in [0.4, 0.5) is 10.1 Å². The number of benzene rings is 1. The number of rotatable bonds is 7. The van der Waals surface area contributed by atoms with E-state index < -0.39 is 17.6 Å². The molecule has 0 atom stereocenters. The van der Waals surface area contributed by atoms with Gasteiger partial charge in [0.05, 0.1) is 10.6 Å². The number of hydrogen-bond acceptors (Lipinski definition) is 3. The van der Waals surface area contributed by atoms with E-state index in [-0.39, 0.29) is 27.5 Å². The van der Waals surface area contributed by atoms with Gasteiger partial charge in [-0.1, -0.05) is 32.4 Å². The summed E-state index contributed by atoms with van der Waals surface area (Å²) >= 11 is 6.55. The Morgan fingerprint density at radius 2 is 1.94 bits per heavy atom. The monoisotopic (exact) mass is 461 g/mol. The molecule has 0 bridgehead atoms. The predicted molar refractivity (Wildman–Crippen MR) is 123 cm³/mol. The summed E-state index contributed by atoms with van der Waals surface area (Å²) in [6.45, 7) is 8.49. The molecule has 1 aliphatic heterocycles. The molecule has 8 heteroatoms. The quantitative estimate of drug-likeness (QED) is 0.454. The molecule has 1 aliphatic rings. The predicted octanol–water partition coefficient (Wildman–Crippen LogP) is 4.91. The van der Waals surface area contributed by atoms with Crippen LogP contribution in [0.15, 0.2) is 18.2 Å². The number of fused-ring (bicyclic) bond motifs is 1. The van der Waals surface area contributed by atoms with Crippen LogP contribution in [0.25, 0.3) is 0 Å². The van der Waals surface area contributed by atoms with Gasteiger partial charge in [0.15, 0.2) is 0 Å². The van der Waals surface area contributed by atoms with Gasteiger partial charge in [-0.05, 0) is 61.8 Å². The zero-order valence-electron chi connectivity index (χ0n) is 18.9. The fraction of sp³-hybridized carbons (Fsp3) is 0.458. The van der Waals surface area contributed by atoms with Gasteiger partial charge in [0, 0.05) is 24.5 Å². The highest BCUT2D eigenvalue weighted by atomic mass is 35.5. The van der Waals surface area contributed by atoms with E-state index in [4.69, 9.17) is 11.6 Å². The highest BCUT2D eigenvalue weighted by molar-refractivity contribution is 6.48. The number of aromatic nitrogens is 1. The van der Waals surface area contributed by atoms with Gasteiger partial charge < -0.3 is 15.2 Å². The van der Waals surface area contributed by atoms with Crippen LogP contribution in [0.5, 0.6) is 0 Å². The Bertz CT molecular complexity index is 1070. The molecule has 0 unspecified atom stereocenters. The van der Waals surface area contributed by atoms with Crippen LogP contribution in [0.3, 0.4) is 0 Å². The van der Waals surface area contributed by atoms with Gasteiger partial charge >= 0.3 is 0 Å². The fourth-order valence-electron chi connectivity index (χ4n) is 3.70. The zero-order valence-corrected chi connectivity index (χ0v) is 19.7. The van der Waals surface area contributed by atoms with Crippen molar-refractivity contribution in [2.45, 2.75) is 59.9 Å². The van der Waals surface area contributed by atoms with Crippen LogP contribution in [-0.2, 0) is 17.8 Å². The first kappa shape index (κ1) is 24.0. The Kier molecular flexibility index (Phi) is 7.08. The smallest absolute Gasteiger partial charge is 0.294 e. The van der Waals surface area contributed by atoms with Crippen molar-refractivity contribution >= 4 is 34.9 Å². The number of amides is 2. The van der Waals surface area contributed by atoms with Gasteiger partial charge in [-0.2, -0.15) is 0 Å². The lowest BCUT2D eigenvalue weighted by Crippen LogP contribution is -2.38. The van der Waals surface area contributed by atoms with Crippen molar-refractivity contribution in [2.75, 3.05) is 11.9 Å². The summed E-state index contributed by atoms with van der Waals surface area (Å²) < 4.78 is 15.3. The molecule has 1 aromatic carbocycles. The number of ketones is 1. The van der Waals surface area contributed by atoms with Crippen molar-refractivity contribution in [2.24, 2.45) is 5.41 Å². The van der Waals surface area contributed by atoms with E-state index in [2.05, 4.69) is 10.6 Å². The zero-order chi connectivity index (χ0) is 23.6. The first-order valence-corrected chi connectivity index (χ1v) is 11.2. The number of carbonyl (C=O) groups excluding carboxylic acids is 3. The lowest BCUT2D eigenvalue weighted by molar-refractivity contribution is -0.117. The number of anilines is 1. The third-order valence-electron chi connectivity index (χ3n) is 6.11. The molecule has 2 heterocycles. The number of hydrogen-bond donors (Lipinski definition) is 2. The van der Waals surface area contributed by atoms with Crippen molar-refractivity contribution in [3.63, 3.8) is 0 Å². The van der Waals surface area contributed by atoms with Gasteiger partial charge in [-0.15, -0.1) is 0 Å². The average molecular weight is 462 g/mol. The first-order valence-electron chi connectivity index (χ1n) is 10.9. The molecule has 0 saturated heterocycles. The summed E-state index contributed by atoms with van der Waals surface area (Å²) in [6, 6.07) is 4.27. The maximum atomic E-state index is 13.6. The van der Waals surface area contributed by atoms with E-state index in [1.807, 2.05) is 20.8 Å². The molecule has 1 aromatic heterocycles. The fourth-order valence-corrected chi connectivity index (χ4v) is 4.09. The van der Waals surface area contributed by atoms with E-state index >= 15 is 0 Å². The van der Waals surface area contributed by atoms with E-state index in [0.29, 0.717) is 36.5 Å². The van der Waals surface area contributed by atoms with Crippen molar-refractivity contribution < 1.29 is 18.8 Å². The van der Waals surface area contributed by atoms with Crippen LogP contribution in [0.1, 0.15) is 72.1 Å². The van der Waals surface area contributed by atoms with Gasteiger partial charge in [0.1, 0.15) is 11.5 Å². The van der Waals surface area contributed by atoms with Gasteiger partial charge in [0.25, 0.3) is 17.6 Å². The summed E-state index contributed by atoms with van der Waals surface area (Å²) in [5.41, 5.74) is 1.56. The Morgan fingerprint density at radius 1 is 1.22 bits per heavy atom. The van der Waals surface area contributed by atoms with Crippen molar-refractivity contribution in [1.29, 1.82) is 0 Å². The highest BCUT2D eigenvalue weighted by Gasteiger charge is 2.33. The molecular formula is C24H29ClFN3O3. The van der Waals surface area contributed by atoms with Gasteiger partial charge in [0.2, 0.25) is 0 Å². The van der Waals surface area contributed by atoms with Crippen LogP contribution in [0, 0.1) is 18.2 Å². The SMILES string of the molecule is CCC(C)(C)CNC(=O)C(=O)c1c(Cl)c(C(=O)Nc2ccc(F)c(C)c2)c2n1CCCC2. The largest absolute Gasteiger partial charge is 0.349 e. The van der Waals surface area contributed by atoms with E-state index in [9.17, 15) is 18.8 Å². The number of Topliss-reactive ketones (excluding diaryl/α,β-unsaturated/α-hetero) is 1. The summed E-state index contributed by atoms with van der Waals surface area (Å²) in [5.74, 6) is -2.34. The number of nitrogens with zero attached hydrogens (tertiary/aromatic N) is 1. The minimum Gasteiger partial charge on any atom is -0.349 e. The summed E-state index contributed by atoms with van der Waals surface area (Å²) in [5, 5.41) is 5.42. The molecule has 2 N–H and O–H groups in total. The first-order chi connectivity index (χ1) is 15.1. The molecule has 0 spiro atoms. The summed E-state index contributed by atoms with van der Waals surface area (Å²) in [4.78, 5) is 38.7. The number of aryl methyl sites for hydroxylation is 1. The second kappa shape index (κ2) is 9.45. The van der Waals surface area contributed by atoms with Gasteiger partial charge in [-0.3, -0.25) is 14.4 Å². The molecule has 32 heavy (non-hydrogen) atoms. The number of carbonyl (C=O) groups is 3. The summed E-state index contributed by atoms with van der Waals surface area (Å²) in [7, 11) is 0. The van der Waals surface area contributed by atoms with Crippen molar-refractivity contribution in [3.8, 4) is 0 Å². The lowest BCUT2D eigenvalue weighted by atomic mass is 9.90. The lowest BCUT2D eigenvalue weighted by Gasteiger charge is -2.23. The summed E-state index contributed by atoms with van der Waals surface area (Å²) in [6.07, 6.45) is 3.08. The minimum atomic E-state index is -0.748. The molecule has 3 rings (SSSR count). The third kappa shape index (κ3) is 4.88. The molecule has 0 radical (unpaired) electrons. The Labute approximate surface area is 192 Å². The van der Waals surface area contributed by atoms with Crippen molar-refractivity contribution in [3.05, 3.63) is 51.6 Å². The molecule has 6 nitrogen and oxygen atoms in total. The van der Waals surface area contributed by atoms with Gasteiger partial charge in [-0.25, -0.2) is 4.39 Å². The molecular weight excluding hydrogens is 433 g/mol. The Hall–Kier alpha value is -2.67. The maximum absolute atomic E-state index is 13.6. The average Bonchev–Trinajstić information content (AvgIpc) is 3.06. The maximum Gasteiger partial charge on any atom is 0.294 e. The van der Waals surface area contributed by atoms with Crippen molar-refractivity contribution in [1.82, 2.24) is 9.88 Å². The number of nitrogens with one attached hydrogen (secondary N) is 2. The van der Waals surface area contributed by atoms with Crippen LogP contribution < -0.4 is 10.6 Å². The number of halogens is 2.